The van der Waals surface area contributed by atoms with Crippen molar-refractivity contribution >= 4 is 26.7 Å². The van der Waals surface area contributed by atoms with Crippen LogP contribution in [0.4, 0.5) is 5.69 Å². The van der Waals surface area contributed by atoms with Crippen LogP contribution in [-0.4, -0.2) is 23.6 Å². The molecule has 2 aromatic heterocycles. The summed E-state index contributed by atoms with van der Waals surface area (Å²) in [5, 5.41) is 0.836. The summed E-state index contributed by atoms with van der Waals surface area (Å²) < 4.78 is 27.1. The Labute approximate surface area is 141 Å². The maximum Gasteiger partial charge on any atom is 0.235 e. The summed E-state index contributed by atoms with van der Waals surface area (Å²) >= 11 is 0. The number of hydrogen-bond acceptors (Lipinski definition) is 3. The van der Waals surface area contributed by atoms with Gasteiger partial charge in [-0.05, 0) is 67.1 Å². The molecule has 1 fully saturated rings. The minimum Gasteiger partial charge on any atom is -0.346 e. The van der Waals surface area contributed by atoms with Gasteiger partial charge in [-0.2, -0.15) is 0 Å². The summed E-state index contributed by atoms with van der Waals surface area (Å²) in [5.74, 6) is 0. The minimum absolute atomic E-state index is 0.225. The molecule has 1 aliphatic rings. The molecule has 6 heteroatoms. The van der Waals surface area contributed by atoms with E-state index >= 15 is 0 Å². The molecule has 0 amide bonds. The maximum atomic E-state index is 12.2. The molecule has 0 aliphatic heterocycles. The van der Waals surface area contributed by atoms with Crippen LogP contribution in [0.3, 0.4) is 0 Å². The molecule has 1 aromatic carbocycles. The highest BCUT2D eigenvalue weighted by atomic mass is 32.2. The quantitative estimate of drug-likeness (QED) is 0.759. The van der Waals surface area contributed by atoms with Crippen LogP contribution in [0, 0.1) is 13.8 Å². The number of H-pyrrole nitrogens is 1. The molecule has 1 saturated carbocycles. The maximum absolute atomic E-state index is 12.2. The van der Waals surface area contributed by atoms with Gasteiger partial charge in [-0.1, -0.05) is 6.07 Å². The fraction of sp³-hybridized carbons (Fsp3) is 0.278. The standard InChI is InChI=1S/C18H19N3O2S/c1-11-12(2)17(21-24(22,23)13-3-4-13)6-5-14(11)15-7-9-19-18-16(15)8-10-20-18/h5-10,13,21H,3-4H2,1-2H3,(H,19,20). The number of rotatable bonds is 4. The first kappa shape index (κ1) is 15.2. The molecule has 4 rings (SSSR count). The van der Waals surface area contributed by atoms with E-state index in [0.717, 1.165) is 46.1 Å². The van der Waals surface area contributed by atoms with Crippen LogP contribution in [0.2, 0.25) is 0 Å². The van der Waals surface area contributed by atoms with Crippen LogP contribution in [-0.2, 0) is 10.0 Å². The Morgan fingerprint density at radius 2 is 1.88 bits per heavy atom. The molecule has 0 unspecified atom stereocenters. The number of nitrogens with zero attached hydrogens (tertiary/aromatic N) is 1. The molecule has 2 heterocycles. The van der Waals surface area contributed by atoms with Gasteiger partial charge in [0.2, 0.25) is 10.0 Å². The lowest BCUT2D eigenvalue weighted by molar-refractivity contribution is 0.600. The van der Waals surface area contributed by atoms with Crippen molar-refractivity contribution < 1.29 is 8.42 Å². The normalized spacial score (nSPS) is 14.9. The molecular formula is C18H19N3O2S. The molecule has 124 valence electrons. The average molecular weight is 341 g/mol. The van der Waals surface area contributed by atoms with Crippen LogP contribution in [0.15, 0.2) is 36.7 Å². The SMILES string of the molecule is Cc1c(NS(=O)(=O)C2CC2)ccc(-c2ccnc3[nH]ccc23)c1C. The molecule has 0 saturated heterocycles. The zero-order chi connectivity index (χ0) is 16.9. The molecular weight excluding hydrogens is 322 g/mol. The van der Waals surface area contributed by atoms with Gasteiger partial charge in [0, 0.05) is 17.8 Å². The Morgan fingerprint density at radius 1 is 1.08 bits per heavy atom. The third-order valence-electron chi connectivity index (χ3n) is 4.75. The Hall–Kier alpha value is -2.34. The molecule has 24 heavy (non-hydrogen) atoms. The van der Waals surface area contributed by atoms with E-state index in [2.05, 4.69) is 14.7 Å². The second-order valence-corrected chi connectivity index (χ2v) is 8.32. The molecule has 0 bridgehead atoms. The van der Waals surface area contributed by atoms with E-state index in [9.17, 15) is 8.42 Å². The fourth-order valence-electron chi connectivity index (χ4n) is 3.03. The monoisotopic (exact) mass is 341 g/mol. The Bertz CT molecular complexity index is 1030. The van der Waals surface area contributed by atoms with E-state index in [1.165, 1.54) is 0 Å². The van der Waals surface area contributed by atoms with Gasteiger partial charge in [-0.25, -0.2) is 13.4 Å². The Morgan fingerprint density at radius 3 is 2.62 bits per heavy atom. The summed E-state index contributed by atoms with van der Waals surface area (Å²) in [6, 6.07) is 7.84. The number of fused-ring (bicyclic) bond motifs is 1. The van der Waals surface area contributed by atoms with Gasteiger partial charge in [0.05, 0.1) is 10.9 Å². The highest BCUT2D eigenvalue weighted by molar-refractivity contribution is 7.93. The lowest BCUT2D eigenvalue weighted by atomic mass is 9.95. The first-order valence-corrected chi connectivity index (χ1v) is 9.56. The molecule has 5 nitrogen and oxygen atoms in total. The van der Waals surface area contributed by atoms with E-state index in [1.54, 1.807) is 6.20 Å². The van der Waals surface area contributed by atoms with Crippen molar-refractivity contribution in [2.75, 3.05) is 4.72 Å². The number of hydrogen-bond donors (Lipinski definition) is 2. The van der Waals surface area contributed by atoms with Gasteiger partial charge in [0.15, 0.2) is 0 Å². The number of pyridine rings is 1. The number of sulfonamides is 1. The second-order valence-electron chi connectivity index (χ2n) is 6.36. The van der Waals surface area contributed by atoms with Crippen molar-refractivity contribution in [2.24, 2.45) is 0 Å². The number of benzene rings is 1. The van der Waals surface area contributed by atoms with Gasteiger partial charge in [-0.15, -0.1) is 0 Å². The van der Waals surface area contributed by atoms with Crippen LogP contribution in [0.5, 0.6) is 0 Å². The van der Waals surface area contributed by atoms with Crippen LogP contribution >= 0.6 is 0 Å². The number of aromatic amines is 1. The molecule has 0 radical (unpaired) electrons. The molecule has 0 atom stereocenters. The van der Waals surface area contributed by atoms with E-state index in [0.29, 0.717) is 5.69 Å². The first-order chi connectivity index (χ1) is 11.5. The topological polar surface area (TPSA) is 74.8 Å². The number of aromatic nitrogens is 2. The lowest BCUT2D eigenvalue weighted by Crippen LogP contribution is -2.18. The van der Waals surface area contributed by atoms with Gasteiger partial charge in [0.1, 0.15) is 5.65 Å². The highest BCUT2D eigenvalue weighted by Gasteiger charge is 2.36. The predicted octanol–water partition coefficient (Wildman–Crippen LogP) is 3.75. The van der Waals surface area contributed by atoms with Crippen LogP contribution in [0.1, 0.15) is 24.0 Å². The summed E-state index contributed by atoms with van der Waals surface area (Å²) in [6.45, 7) is 3.98. The largest absolute Gasteiger partial charge is 0.346 e. The van der Waals surface area contributed by atoms with Crippen molar-refractivity contribution in [1.29, 1.82) is 0 Å². The second kappa shape index (κ2) is 5.34. The third kappa shape index (κ3) is 2.47. The van der Waals surface area contributed by atoms with Gasteiger partial charge in [0.25, 0.3) is 0 Å². The zero-order valence-electron chi connectivity index (χ0n) is 13.6. The smallest absolute Gasteiger partial charge is 0.235 e. The molecule has 1 aliphatic carbocycles. The van der Waals surface area contributed by atoms with Crippen LogP contribution in [0.25, 0.3) is 22.2 Å². The molecule has 2 N–H and O–H groups in total. The molecule has 0 spiro atoms. The lowest BCUT2D eigenvalue weighted by Gasteiger charge is -2.16. The van der Waals surface area contributed by atoms with Gasteiger partial charge in [-0.3, -0.25) is 4.72 Å². The summed E-state index contributed by atoms with van der Waals surface area (Å²) in [7, 11) is -3.25. The minimum atomic E-state index is -3.25. The van der Waals surface area contributed by atoms with Crippen molar-refractivity contribution in [3.63, 3.8) is 0 Å². The van der Waals surface area contributed by atoms with Gasteiger partial charge >= 0.3 is 0 Å². The van der Waals surface area contributed by atoms with E-state index in [4.69, 9.17) is 0 Å². The Balaban J connectivity index is 1.79. The van der Waals surface area contributed by atoms with Gasteiger partial charge < -0.3 is 4.98 Å². The van der Waals surface area contributed by atoms with E-state index in [-0.39, 0.29) is 5.25 Å². The van der Waals surface area contributed by atoms with Crippen molar-refractivity contribution in [3.8, 4) is 11.1 Å². The highest BCUT2D eigenvalue weighted by Crippen LogP contribution is 2.35. The summed E-state index contributed by atoms with van der Waals surface area (Å²) in [5.41, 5.74) is 5.73. The van der Waals surface area contributed by atoms with E-state index < -0.39 is 10.0 Å². The van der Waals surface area contributed by atoms with Crippen molar-refractivity contribution in [2.45, 2.75) is 31.9 Å². The number of nitrogens with one attached hydrogen (secondary N) is 2. The van der Waals surface area contributed by atoms with Crippen LogP contribution < -0.4 is 4.72 Å². The van der Waals surface area contributed by atoms with Crippen molar-refractivity contribution in [1.82, 2.24) is 9.97 Å². The number of anilines is 1. The summed E-state index contributed by atoms with van der Waals surface area (Å²) in [4.78, 5) is 7.45. The predicted molar refractivity (Wildman–Crippen MR) is 96.6 cm³/mol. The van der Waals surface area contributed by atoms with Crippen molar-refractivity contribution in [3.05, 3.63) is 47.8 Å². The fourth-order valence-corrected chi connectivity index (χ4v) is 4.48. The first-order valence-electron chi connectivity index (χ1n) is 8.01. The molecule has 3 aromatic rings. The zero-order valence-corrected chi connectivity index (χ0v) is 14.4. The third-order valence-corrected chi connectivity index (χ3v) is 6.61. The average Bonchev–Trinajstić information content (AvgIpc) is 3.31. The Kier molecular flexibility index (Phi) is 3.38. The summed E-state index contributed by atoms with van der Waals surface area (Å²) in [6.07, 6.45) is 5.18. The van der Waals surface area contributed by atoms with E-state index in [1.807, 2.05) is 44.3 Å².